The van der Waals surface area contributed by atoms with Crippen molar-refractivity contribution in [2.24, 2.45) is 5.92 Å². The third-order valence-corrected chi connectivity index (χ3v) is 5.32. The number of hydrogen-bond acceptors (Lipinski definition) is 3. The van der Waals surface area contributed by atoms with Crippen molar-refractivity contribution in [3.05, 3.63) is 59.9 Å². The van der Waals surface area contributed by atoms with Gasteiger partial charge in [-0.05, 0) is 74.7 Å². The molecule has 0 saturated carbocycles. The molecule has 2 aromatic carbocycles. The Kier molecular flexibility index (Phi) is 6.15. The molecule has 1 saturated heterocycles. The van der Waals surface area contributed by atoms with E-state index < -0.39 is 0 Å². The summed E-state index contributed by atoms with van der Waals surface area (Å²) in [4.78, 5) is 2.50. The van der Waals surface area contributed by atoms with Gasteiger partial charge in [-0.2, -0.15) is 0 Å². The minimum atomic E-state index is -0.181. The van der Waals surface area contributed by atoms with Gasteiger partial charge in [0.15, 0.2) is 0 Å². The number of benzene rings is 2. The van der Waals surface area contributed by atoms with Crippen LogP contribution in [0.4, 0.5) is 4.39 Å². The molecule has 0 N–H and O–H groups in total. The van der Waals surface area contributed by atoms with E-state index in [1.54, 1.807) is 19.2 Å². The molecule has 0 aromatic heterocycles. The number of rotatable bonds is 6. The standard InChI is InChI=1S/C22H28FNO2/c1-16(2)24-13-12-22(17-4-6-19(23)7-5-17)18(14-24)15-26-21-10-8-20(25-3)9-11-21/h4-11,16,18,22H,12-15H2,1-3H3. The van der Waals surface area contributed by atoms with Crippen molar-refractivity contribution in [3.8, 4) is 11.5 Å². The van der Waals surface area contributed by atoms with Crippen LogP contribution in [0.2, 0.25) is 0 Å². The minimum absolute atomic E-state index is 0.181. The molecule has 2 aromatic rings. The van der Waals surface area contributed by atoms with E-state index in [9.17, 15) is 4.39 Å². The molecule has 3 nitrogen and oxygen atoms in total. The molecule has 1 fully saturated rings. The molecule has 0 spiro atoms. The van der Waals surface area contributed by atoms with Gasteiger partial charge < -0.3 is 14.4 Å². The maximum Gasteiger partial charge on any atom is 0.123 e. The number of halogens is 1. The summed E-state index contributed by atoms with van der Waals surface area (Å²) in [6, 6.07) is 15.2. The van der Waals surface area contributed by atoms with E-state index in [4.69, 9.17) is 9.47 Å². The molecule has 3 rings (SSSR count). The monoisotopic (exact) mass is 357 g/mol. The number of piperidine rings is 1. The van der Waals surface area contributed by atoms with Gasteiger partial charge in [0.25, 0.3) is 0 Å². The molecule has 0 bridgehead atoms. The lowest BCUT2D eigenvalue weighted by Crippen LogP contribution is -2.45. The second kappa shape index (κ2) is 8.54. The summed E-state index contributed by atoms with van der Waals surface area (Å²) in [5.74, 6) is 2.26. The topological polar surface area (TPSA) is 21.7 Å². The van der Waals surface area contributed by atoms with Crippen LogP contribution in [-0.2, 0) is 0 Å². The average Bonchev–Trinajstić information content (AvgIpc) is 2.67. The van der Waals surface area contributed by atoms with Gasteiger partial charge in [-0.15, -0.1) is 0 Å². The first-order valence-corrected chi connectivity index (χ1v) is 9.33. The molecule has 1 aliphatic heterocycles. The van der Waals surface area contributed by atoms with Gasteiger partial charge in [-0.3, -0.25) is 0 Å². The fraction of sp³-hybridized carbons (Fsp3) is 0.455. The van der Waals surface area contributed by atoms with Gasteiger partial charge in [0.2, 0.25) is 0 Å². The second-order valence-electron chi connectivity index (χ2n) is 7.28. The van der Waals surface area contributed by atoms with Gasteiger partial charge in [-0.25, -0.2) is 4.39 Å². The Morgan fingerprint density at radius 3 is 2.31 bits per heavy atom. The Hall–Kier alpha value is -2.07. The summed E-state index contributed by atoms with van der Waals surface area (Å²) < 4.78 is 24.6. The zero-order valence-electron chi connectivity index (χ0n) is 15.8. The third-order valence-electron chi connectivity index (χ3n) is 5.32. The van der Waals surface area contributed by atoms with Gasteiger partial charge in [-0.1, -0.05) is 12.1 Å². The van der Waals surface area contributed by atoms with Crippen molar-refractivity contribution in [3.63, 3.8) is 0 Å². The summed E-state index contributed by atoms with van der Waals surface area (Å²) >= 11 is 0. The van der Waals surface area contributed by atoms with Gasteiger partial charge in [0.1, 0.15) is 17.3 Å². The van der Waals surface area contributed by atoms with E-state index >= 15 is 0 Å². The number of methoxy groups -OCH3 is 1. The summed E-state index contributed by atoms with van der Waals surface area (Å²) in [5.41, 5.74) is 1.21. The van der Waals surface area contributed by atoms with Crippen LogP contribution < -0.4 is 9.47 Å². The Balaban J connectivity index is 1.71. The van der Waals surface area contributed by atoms with Crippen LogP contribution >= 0.6 is 0 Å². The number of nitrogens with zero attached hydrogens (tertiary/aromatic N) is 1. The van der Waals surface area contributed by atoms with Crippen LogP contribution in [0.1, 0.15) is 31.7 Å². The Morgan fingerprint density at radius 1 is 1.04 bits per heavy atom. The van der Waals surface area contributed by atoms with Crippen LogP contribution in [0.25, 0.3) is 0 Å². The number of hydrogen-bond donors (Lipinski definition) is 0. The van der Waals surface area contributed by atoms with Crippen LogP contribution in [-0.4, -0.2) is 37.7 Å². The van der Waals surface area contributed by atoms with Gasteiger partial charge in [0.05, 0.1) is 13.7 Å². The third kappa shape index (κ3) is 4.55. The normalized spacial score (nSPS) is 21.0. The van der Waals surface area contributed by atoms with Crippen molar-refractivity contribution < 1.29 is 13.9 Å². The molecule has 4 heteroatoms. The van der Waals surface area contributed by atoms with Crippen LogP contribution in [0, 0.1) is 11.7 Å². The van der Waals surface area contributed by atoms with E-state index in [2.05, 4.69) is 18.7 Å². The molecule has 0 radical (unpaired) electrons. The molecule has 0 aliphatic carbocycles. The molecule has 2 atom stereocenters. The Morgan fingerprint density at radius 2 is 1.69 bits per heavy atom. The first kappa shape index (κ1) is 18.7. The lowest BCUT2D eigenvalue weighted by Gasteiger charge is -2.40. The lowest BCUT2D eigenvalue weighted by molar-refractivity contribution is 0.0898. The highest BCUT2D eigenvalue weighted by Gasteiger charge is 2.31. The predicted molar refractivity (Wildman–Crippen MR) is 102 cm³/mol. The van der Waals surface area contributed by atoms with Crippen LogP contribution in [0.5, 0.6) is 11.5 Å². The molecule has 2 unspecified atom stereocenters. The summed E-state index contributed by atoms with van der Waals surface area (Å²) in [5, 5.41) is 0. The fourth-order valence-electron chi connectivity index (χ4n) is 3.72. The van der Waals surface area contributed by atoms with Gasteiger partial charge >= 0.3 is 0 Å². The van der Waals surface area contributed by atoms with E-state index in [0.29, 0.717) is 24.5 Å². The summed E-state index contributed by atoms with van der Waals surface area (Å²) in [7, 11) is 1.66. The first-order chi connectivity index (χ1) is 12.6. The Labute approximate surface area is 155 Å². The maximum atomic E-state index is 13.3. The largest absolute Gasteiger partial charge is 0.497 e. The minimum Gasteiger partial charge on any atom is -0.497 e. The molecular weight excluding hydrogens is 329 g/mol. The van der Waals surface area contributed by atoms with Gasteiger partial charge in [0, 0.05) is 18.5 Å². The van der Waals surface area contributed by atoms with E-state index in [1.807, 2.05) is 36.4 Å². The van der Waals surface area contributed by atoms with Crippen LogP contribution in [0.15, 0.2) is 48.5 Å². The zero-order valence-corrected chi connectivity index (χ0v) is 15.8. The lowest BCUT2D eigenvalue weighted by atomic mass is 9.80. The highest BCUT2D eigenvalue weighted by Crippen LogP contribution is 2.34. The molecule has 140 valence electrons. The van der Waals surface area contributed by atoms with Crippen LogP contribution in [0.3, 0.4) is 0 Å². The maximum absolute atomic E-state index is 13.3. The average molecular weight is 357 g/mol. The Bertz CT molecular complexity index is 684. The summed E-state index contributed by atoms with van der Waals surface area (Å²) in [6.07, 6.45) is 1.07. The quantitative estimate of drug-likeness (QED) is 0.746. The summed E-state index contributed by atoms with van der Waals surface area (Å²) in [6.45, 7) is 7.19. The van der Waals surface area contributed by atoms with E-state index in [0.717, 1.165) is 31.0 Å². The predicted octanol–water partition coefficient (Wildman–Crippen LogP) is 4.73. The highest BCUT2D eigenvalue weighted by atomic mass is 19.1. The van der Waals surface area contributed by atoms with Crippen molar-refractivity contribution in [2.45, 2.75) is 32.2 Å². The van der Waals surface area contributed by atoms with Crippen molar-refractivity contribution >= 4 is 0 Å². The molecule has 1 heterocycles. The first-order valence-electron chi connectivity index (χ1n) is 9.33. The van der Waals surface area contributed by atoms with E-state index in [-0.39, 0.29) is 5.82 Å². The number of likely N-dealkylation sites (tertiary alicyclic amines) is 1. The fourth-order valence-corrected chi connectivity index (χ4v) is 3.72. The van der Waals surface area contributed by atoms with Crippen molar-refractivity contribution in [1.82, 2.24) is 4.90 Å². The SMILES string of the molecule is COc1ccc(OCC2CN(C(C)C)CCC2c2ccc(F)cc2)cc1. The number of ether oxygens (including phenoxy) is 2. The van der Waals surface area contributed by atoms with E-state index in [1.165, 1.54) is 5.56 Å². The smallest absolute Gasteiger partial charge is 0.123 e. The molecule has 0 amide bonds. The second-order valence-corrected chi connectivity index (χ2v) is 7.28. The van der Waals surface area contributed by atoms with Crippen molar-refractivity contribution in [2.75, 3.05) is 26.8 Å². The zero-order chi connectivity index (χ0) is 18.5. The van der Waals surface area contributed by atoms with Crippen molar-refractivity contribution in [1.29, 1.82) is 0 Å². The molecular formula is C22H28FNO2. The molecule has 26 heavy (non-hydrogen) atoms. The molecule has 1 aliphatic rings. The highest BCUT2D eigenvalue weighted by molar-refractivity contribution is 5.31.